The minimum atomic E-state index is 0.221. The number of aromatic nitrogens is 4. The van der Waals surface area contributed by atoms with Crippen LogP contribution < -0.4 is 0 Å². The Balaban J connectivity index is 2.10. The maximum atomic E-state index is 8.62. The molecule has 2 rings (SSSR count). The third-order valence-corrected chi connectivity index (χ3v) is 2.68. The number of hydrogen-bond acceptors (Lipinski definition) is 5. The highest BCUT2D eigenvalue weighted by molar-refractivity contribution is 7.99. The van der Waals surface area contributed by atoms with E-state index in [1.54, 1.807) is 11.8 Å². The van der Waals surface area contributed by atoms with Crippen LogP contribution in [-0.2, 0) is 0 Å². The number of aliphatic hydroxyl groups excluding tert-OH is 1. The highest BCUT2D eigenvalue weighted by Gasteiger charge is 1.99. The van der Waals surface area contributed by atoms with Crippen molar-refractivity contribution in [3.63, 3.8) is 0 Å². The maximum Gasteiger partial charge on any atom is 0.176 e. The SMILES string of the molecule is OCCCSc1ccc2ncnn2n1. The summed E-state index contributed by atoms with van der Waals surface area (Å²) in [6.07, 6.45) is 2.26. The highest BCUT2D eigenvalue weighted by atomic mass is 32.2. The zero-order valence-corrected chi connectivity index (χ0v) is 8.31. The lowest BCUT2D eigenvalue weighted by Crippen LogP contribution is -1.95. The molecule has 0 aliphatic heterocycles. The molecule has 1 N–H and O–H groups in total. The molecule has 0 bridgehead atoms. The number of hydrogen-bond donors (Lipinski definition) is 1. The van der Waals surface area contributed by atoms with Crippen molar-refractivity contribution in [1.29, 1.82) is 0 Å². The van der Waals surface area contributed by atoms with Gasteiger partial charge in [0.05, 0.1) is 0 Å². The van der Waals surface area contributed by atoms with Gasteiger partial charge in [0, 0.05) is 12.4 Å². The quantitative estimate of drug-likeness (QED) is 0.591. The fraction of sp³-hybridized carbons (Fsp3) is 0.375. The largest absolute Gasteiger partial charge is 0.396 e. The van der Waals surface area contributed by atoms with Crippen molar-refractivity contribution >= 4 is 17.4 Å². The van der Waals surface area contributed by atoms with Crippen molar-refractivity contribution in [3.8, 4) is 0 Å². The number of thioether (sulfide) groups is 1. The van der Waals surface area contributed by atoms with Gasteiger partial charge in [0.1, 0.15) is 11.4 Å². The summed E-state index contributed by atoms with van der Waals surface area (Å²) in [4.78, 5) is 4.00. The molecule has 14 heavy (non-hydrogen) atoms. The molecule has 2 aromatic rings. The van der Waals surface area contributed by atoms with Crippen molar-refractivity contribution < 1.29 is 5.11 Å². The van der Waals surface area contributed by atoms with Crippen LogP contribution in [0.2, 0.25) is 0 Å². The Morgan fingerprint density at radius 2 is 2.36 bits per heavy atom. The Morgan fingerprint density at radius 3 is 3.21 bits per heavy atom. The van der Waals surface area contributed by atoms with E-state index in [-0.39, 0.29) is 6.61 Å². The zero-order chi connectivity index (χ0) is 9.80. The van der Waals surface area contributed by atoms with Crippen LogP contribution in [0.25, 0.3) is 5.65 Å². The molecular formula is C8H10N4OS. The number of rotatable bonds is 4. The molecule has 2 aromatic heterocycles. The molecule has 0 radical (unpaired) electrons. The average molecular weight is 210 g/mol. The van der Waals surface area contributed by atoms with Gasteiger partial charge in [-0.3, -0.25) is 0 Å². The van der Waals surface area contributed by atoms with Crippen molar-refractivity contribution in [2.45, 2.75) is 11.4 Å². The second-order valence-electron chi connectivity index (χ2n) is 2.70. The van der Waals surface area contributed by atoms with Gasteiger partial charge in [0.25, 0.3) is 0 Å². The predicted octanol–water partition coefficient (Wildman–Crippen LogP) is 0.599. The predicted molar refractivity (Wildman–Crippen MR) is 53.2 cm³/mol. The van der Waals surface area contributed by atoms with Crippen LogP contribution in [0, 0.1) is 0 Å². The first-order chi connectivity index (χ1) is 6.90. The van der Waals surface area contributed by atoms with Gasteiger partial charge in [0.2, 0.25) is 0 Å². The molecule has 2 heterocycles. The first-order valence-corrected chi connectivity index (χ1v) is 5.29. The van der Waals surface area contributed by atoms with Gasteiger partial charge in [-0.2, -0.15) is 0 Å². The Bertz CT molecular complexity index is 416. The molecule has 0 aliphatic rings. The van der Waals surface area contributed by atoms with E-state index in [0.717, 1.165) is 22.8 Å². The summed E-state index contributed by atoms with van der Waals surface area (Å²) >= 11 is 1.60. The molecule has 0 aliphatic carbocycles. The summed E-state index contributed by atoms with van der Waals surface area (Å²) in [5.74, 6) is 0.865. The first kappa shape index (κ1) is 9.42. The van der Waals surface area contributed by atoms with E-state index >= 15 is 0 Å². The molecule has 0 spiro atoms. The fourth-order valence-corrected chi connectivity index (χ4v) is 1.80. The summed E-state index contributed by atoms with van der Waals surface area (Å²) in [6.45, 7) is 0.221. The average Bonchev–Trinajstić information content (AvgIpc) is 2.65. The Hall–Kier alpha value is -1.14. The van der Waals surface area contributed by atoms with E-state index in [1.165, 1.54) is 11.0 Å². The minimum Gasteiger partial charge on any atom is -0.396 e. The number of aliphatic hydroxyl groups is 1. The third-order valence-electron chi connectivity index (χ3n) is 1.68. The highest BCUT2D eigenvalue weighted by Crippen LogP contribution is 2.15. The lowest BCUT2D eigenvalue weighted by molar-refractivity contribution is 0.296. The summed E-state index contributed by atoms with van der Waals surface area (Å²) in [7, 11) is 0. The topological polar surface area (TPSA) is 63.3 Å². The number of nitrogens with zero attached hydrogens (tertiary/aromatic N) is 4. The normalized spacial score (nSPS) is 10.9. The standard InChI is InChI=1S/C8H10N4OS/c13-4-1-5-14-8-3-2-7-9-6-10-12(7)11-8/h2-3,6,13H,1,4-5H2. The molecule has 0 aromatic carbocycles. The van der Waals surface area contributed by atoms with E-state index in [9.17, 15) is 0 Å². The van der Waals surface area contributed by atoms with Gasteiger partial charge >= 0.3 is 0 Å². The second kappa shape index (κ2) is 4.39. The Kier molecular flexibility index (Phi) is 2.95. The van der Waals surface area contributed by atoms with Crippen LogP contribution in [0.15, 0.2) is 23.5 Å². The van der Waals surface area contributed by atoms with Crippen LogP contribution in [0.1, 0.15) is 6.42 Å². The third kappa shape index (κ3) is 2.02. The van der Waals surface area contributed by atoms with Crippen molar-refractivity contribution in [3.05, 3.63) is 18.5 Å². The van der Waals surface area contributed by atoms with Gasteiger partial charge in [-0.1, -0.05) is 0 Å². The minimum absolute atomic E-state index is 0.221. The smallest absolute Gasteiger partial charge is 0.176 e. The molecule has 0 saturated carbocycles. The second-order valence-corrected chi connectivity index (χ2v) is 3.82. The Morgan fingerprint density at radius 1 is 1.43 bits per heavy atom. The molecular weight excluding hydrogens is 200 g/mol. The number of fused-ring (bicyclic) bond motifs is 1. The lowest BCUT2D eigenvalue weighted by atomic mass is 10.5. The van der Waals surface area contributed by atoms with Gasteiger partial charge in [-0.25, -0.2) is 4.98 Å². The van der Waals surface area contributed by atoms with Crippen molar-refractivity contribution in [2.75, 3.05) is 12.4 Å². The molecule has 0 saturated heterocycles. The van der Waals surface area contributed by atoms with Gasteiger partial charge < -0.3 is 5.11 Å². The van der Waals surface area contributed by atoms with E-state index in [0.29, 0.717) is 0 Å². The van der Waals surface area contributed by atoms with Crippen LogP contribution in [-0.4, -0.2) is 37.3 Å². The molecule has 6 heteroatoms. The van der Waals surface area contributed by atoms with E-state index in [1.807, 2.05) is 12.1 Å². The van der Waals surface area contributed by atoms with Crippen LogP contribution in [0.3, 0.4) is 0 Å². The maximum absolute atomic E-state index is 8.62. The molecule has 5 nitrogen and oxygen atoms in total. The van der Waals surface area contributed by atoms with Gasteiger partial charge in [0.15, 0.2) is 5.65 Å². The lowest BCUT2D eigenvalue weighted by Gasteiger charge is -1.98. The summed E-state index contributed by atoms with van der Waals surface area (Å²) in [5.41, 5.74) is 0.747. The zero-order valence-electron chi connectivity index (χ0n) is 7.50. The van der Waals surface area contributed by atoms with Crippen molar-refractivity contribution in [1.82, 2.24) is 19.8 Å². The molecule has 74 valence electrons. The summed E-state index contributed by atoms with van der Waals surface area (Å²) in [6, 6.07) is 3.79. The van der Waals surface area contributed by atoms with E-state index in [2.05, 4.69) is 15.2 Å². The first-order valence-electron chi connectivity index (χ1n) is 4.31. The van der Waals surface area contributed by atoms with Crippen LogP contribution in [0.4, 0.5) is 0 Å². The van der Waals surface area contributed by atoms with Crippen LogP contribution in [0.5, 0.6) is 0 Å². The molecule has 0 amide bonds. The molecule has 0 fully saturated rings. The van der Waals surface area contributed by atoms with E-state index < -0.39 is 0 Å². The van der Waals surface area contributed by atoms with Gasteiger partial charge in [-0.05, 0) is 18.6 Å². The summed E-state index contributed by atoms with van der Waals surface area (Å²) in [5, 5.41) is 17.7. The van der Waals surface area contributed by atoms with E-state index in [4.69, 9.17) is 5.11 Å². The van der Waals surface area contributed by atoms with Crippen LogP contribution >= 0.6 is 11.8 Å². The summed E-state index contributed by atoms with van der Waals surface area (Å²) < 4.78 is 1.50. The Labute approximate surface area is 85.2 Å². The molecule has 0 atom stereocenters. The monoisotopic (exact) mass is 210 g/mol. The molecule has 0 unspecified atom stereocenters. The van der Waals surface area contributed by atoms with Gasteiger partial charge in [-0.15, -0.1) is 26.6 Å². The fourth-order valence-electron chi connectivity index (χ4n) is 1.02. The van der Waals surface area contributed by atoms with Crippen molar-refractivity contribution in [2.24, 2.45) is 0 Å².